The van der Waals surface area contributed by atoms with E-state index in [4.69, 9.17) is 11.6 Å². The Kier molecular flexibility index (Phi) is 5.05. The first-order valence-electron chi connectivity index (χ1n) is 6.69. The average molecular weight is 316 g/mol. The van der Waals surface area contributed by atoms with Crippen molar-refractivity contribution in [3.8, 4) is 0 Å². The second kappa shape index (κ2) is 6.59. The van der Waals surface area contributed by atoms with Gasteiger partial charge in [-0.1, -0.05) is 36.8 Å². The van der Waals surface area contributed by atoms with E-state index in [-0.39, 0.29) is 17.7 Å². The molecule has 6 heteroatoms. The van der Waals surface area contributed by atoms with Crippen molar-refractivity contribution in [2.75, 3.05) is 12.3 Å². The summed E-state index contributed by atoms with van der Waals surface area (Å²) >= 11 is 6.20. The van der Waals surface area contributed by atoms with Gasteiger partial charge in [0.25, 0.3) is 0 Å². The number of benzene rings is 1. The van der Waals surface area contributed by atoms with Crippen LogP contribution < -0.4 is 5.32 Å². The van der Waals surface area contributed by atoms with Crippen LogP contribution in [0.2, 0.25) is 0 Å². The third-order valence-corrected chi connectivity index (χ3v) is 6.07. The van der Waals surface area contributed by atoms with Crippen LogP contribution in [-0.2, 0) is 14.6 Å². The van der Waals surface area contributed by atoms with Crippen LogP contribution in [0.4, 0.5) is 0 Å². The number of amides is 1. The molecule has 1 fully saturated rings. The zero-order valence-electron chi connectivity index (χ0n) is 11.1. The summed E-state index contributed by atoms with van der Waals surface area (Å²) in [5.74, 6) is -0.320. The van der Waals surface area contributed by atoms with Gasteiger partial charge >= 0.3 is 0 Å². The predicted octanol–water partition coefficient (Wildman–Crippen LogP) is 2.05. The number of nitrogens with one attached hydrogen (secondary N) is 1. The lowest BCUT2D eigenvalue weighted by molar-refractivity contribution is -0.120. The zero-order valence-corrected chi connectivity index (χ0v) is 12.7. The van der Waals surface area contributed by atoms with E-state index in [1.54, 1.807) is 0 Å². The van der Waals surface area contributed by atoms with E-state index in [0.717, 1.165) is 12.0 Å². The van der Waals surface area contributed by atoms with Crippen molar-refractivity contribution in [1.29, 1.82) is 0 Å². The summed E-state index contributed by atoms with van der Waals surface area (Å²) < 4.78 is 23.7. The summed E-state index contributed by atoms with van der Waals surface area (Å²) in [7, 11) is -3.29. The fourth-order valence-corrected chi connectivity index (χ4v) is 4.38. The van der Waals surface area contributed by atoms with E-state index in [2.05, 4.69) is 5.32 Å². The Hall–Kier alpha value is -1.07. The molecule has 110 valence electrons. The zero-order chi connectivity index (χ0) is 14.6. The van der Waals surface area contributed by atoms with E-state index >= 15 is 0 Å². The van der Waals surface area contributed by atoms with Gasteiger partial charge in [0.1, 0.15) is 5.25 Å². The number of hydrogen-bond acceptors (Lipinski definition) is 3. The lowest BCUT2D eigenvalue weighted by Crippen LogP contribution is -2.43. The largest absolute Gasteiger partial charge is 0.353 e. The molecular weight excluding hydrogens is 298 g/mol. The van der Waals surface area contributed by atoms with E-state index in [0.29, 0.717) is 12.8 Å². The van der Waals surface area contributed by atoms with Crippen molar-refractivity contribution in [2.45, 2.75) is 29.9 Å². The van der Waals surface area contributed by atoms with E-state index in [1.165, 1.54) is 0 Å². The van der Waals surface area contributed by atoms with Gasteiger partial charge in [0.2, 0.25) is 5.91 Å². The molecule has 0 saturated carbocycles. The third-order valence-electron chi connectivity index (χ3n) is 3.49. The monoisotopic (exact) mass is 315 g/mol. The number of hydrogen-bond donors (Lipinski definition) is 1. The van der Waals surface area contributed by atoms with Gasteiger partial charge < -0.3 is 5.32 Å². The van der Waals surface area contributed by atoms with Crippen molar-refractivity contribution in [3.63, 3.8) is 0 Å². The molecule has 1 aromatic rings. The maximum Gasteiger partial charge on any atom is 0.238 e. The van der Waals surface area contributed by atoms with Crippen LogP contribution in [-0.4, -0.2) is 31.9 Å². The Morgan fingerprint density at radius 3 is 2.65 bits per heavy atom. The van der Waals surface area contributed by atoms with Gasteiger partial charge in [-0.25, -0.2) is 8.42 Å². The molecule has 2 atom stereocenters. The Morgan fingerprint density at radius 1 is 1.30 bits per heavy atom. The molecule has 1 saturated heterocycles. The first kappa shape index (κ1) is 15.3. The van der Waals surface area contributed by atoms with Crippen LogP contribution in [0.1, 0.15) is 30.2 Å². The van der Waals surface area contributed by atoms with Crippen molar-refractivity contribution in [3.05, 3.63) is 35.9 Å². The molecule has 1 aromatic carbocycles. The summed E-state index contributed by atoms with van der Waals surface area (Å²) in [5, 5.41) is 1.39. The molecule has 2 unspecified atom stereocenters. The topological polar surface area (TPSA) is 63.2 Å². The molecule has 0 aliphatic carbocycles. The van der Waals surface area contributed by atoms with Gasteiger partial charge in [-0.15, -0.1) is 11.6 Å². The molecule has 0 bridgehead atoms. The maximum atomic E-state index is 12.0. The van der Waals surface area contributed by atoms with E-state index < -0.39 is 21.0 Å². The number of sulfone groups is 1. The number of alkyl halides is 1. The molecule has 0 radical (unpaired) electrons. The Bertz CT molecular complexity index is 559. The number of rotatable bonds is 4. The van der Waals surface area contributed by atoms with Gasteiger partial charge in [0.05, 0.1) is 11.1 Å². The van der Waals surface area contributed by atoms with E-state index in [9.17, 15) is 13.2 Å². The molecule has 1 N–H and O–H groups in total. The minimum absolute atomic E-state index is 0.105. The average Bonchev–Trinajstić information content (AvgIpc) is 2.45. The minimum Gasteiger partial charge on any atom is -0.353 e. The van der Waals surface area contributed by atoms with Gasteiger partial charge in [-0.05, 0) is 18.4 Å². The van der Waals surface area contributed by atoms with Crippen LogP contribution in [0.25, 0.3) is 0 Å². The summed E-state index contributed by atoms with van der Waals surface area (Å²) in [6, 6.07) is 9.39. The van der Waals surface area contributed by atoms with Crippen LogP contribution in [0.15, 0.2) is 30.3 Å². The third kappa shape index (κ3) is 3.73. The Labute approximate surface area is 124 Å². The van der Waals surface area contributed by atoms with E-state index in [1.807, 2.05) is 30.3 Å². The fourth-order valence-electron chi connectivity index (χ4n) is 2.33. The first-order chi connectivity index (χ1) is 9.50. The lowest BCUT2D eigenvalue weighted by Gasteiger charge is -2.22. The van der Waals surface area contributed by atoms with Crippen LogP contribution in [0.5, 0.6) is 0 Å². The molecule has 1 aliphatic rings. The molecule has 2 rings (SSSR count). The van der Waals surface area contributed by atoms with Crippen LogP contribution in [0.3, 0.4) is 0 Å². The van der Waals surface area contributed by atoms with Crippen molar-refractivity contribution in [1.82, 2.24) is 5.32 Å². The smallest absolute Gasteiger partial charge is 0.238 e. The maximum absolute atomic E-state index is 12.0. The van der Waals surface area contributed by atoms with Crippen molar-refractivity contribution >= 4 is 27.3 Å². The normalized spacial score (nSPS) is 22.9. The highest BCUT2D eigenvalue weighted by Gasteiger charge is 2.34. The first-order valence-corrected chi connectivity index (χ1v) is 8.84. The van der Waals surface area contributed by atoms with Crippen LogP contribution >= 0.6 is 11.6 Å². The molecule has 0 spiro atoms. The summed E-state index contributed by atoms with van der Waals surface area (Å²) in [4.78, 5) is 12.0. The molecule has 20 heavy (non-hydrogen) atoms. The molecule has 0 aromatic heterocycles. The second-order valence-corrected chi connectivity index (χ2v) is 7.80. The quantitative estimate of drug-likeness (QED) is 0.865. The van der Waals surface area contributed by atoms with Gasteiger partial charge in [0.15, 0.2) is 9.84 Å². The van der Waals surface area contributed by atoms with Gasteiger partial charge in [-0.3, -0.25) is 4.79 Å². The van der Waals surface area contributed by atoms with Crippen LogP contribution in [0, 0.1) is 0 Å². The minimum atomic E-state index is -3.29. The molecule has 1 aliphatic heterocycles. The van der Waals surface area contributed by atoms with Crippen molar-refractivity contribution in [2.24, 2.45) is 0 Å². The number of carbonyl (C=O) groups is 1. The number of halogens is 1. The highest BCUT2D eigenvalue weighted by atomic mass is 35.5. The van der Waals surface area contributed by atoms with Gasteiger partial charge in [-0.2, -0.15) is 0 Å². The molecule has 4 nitrogen and oxygen atoms in total. The standard InChI is InChI=1S/C14H18ClNO3S/c15-12(11-6-2-1-3-7-11)10-16-14(17)13-8-4-5-9-20(13,18)19/h1-3,6-7,12-13H,4-5,8-10H2,(H,16,17). The Balaban J connectivity index is 1.92. The lowest BCUT2D eigenvalue weighted by atomic mass is 10.1. The number of carbonyl (C=O) groups excluding carboxylic acids is 1. The predicted molar refractivity (Wildman–Crippen MR) is 79.5 cm³/mol. The second-order valence-electron chi connectivity index (χ2n) is 4.97. The summed E-state index contributed by atoms with van der Waals surface area (Å²) in [6.45, 7) is 0.233. The molecule has 1 amide bonds. The molecule has 1 heterocycles. The van der Waals surface area contributed by atoms with Gasteiger partial charge in [0, 0.05) is 6.54 Å². The Morgan fingerprint density at radius 2 is 2.00 bits per heavy atom. The highest BCUT2D eigenvalue weighted by molar-refractivity contribution is 7.92. The molecular formula is C14H18ClNO3S. The fraction of sp³-hybridized carbons (Fsp3) is 0.500. The van der Waals surface area contributed by atoms with Crippen molar-refractivity contribution < 1.29 is 13.2 Å². The highest BCUT2D eigenvalue weighted by Crippen LogP contribution is 2.21. The summed E-state index contributed by atoms with van der Waals surface area (Å²) in [5.41, 5.74) is 0.904. The SMILES string of the molecule is O=C(NCC(Cl)c1ccccc1)C1CCCCS1(=O)=O. The summed E-state index contributed by atoms with van der Waals surface area (Å²) in [6.07, 6.45) is 1.83.